The molecular weight excluding hydrogens is 441 g/mol. The maximum atomic E-state index is 12.3. The van der Waals surface area contributed by atoms with Crippen molar-refractivity contribution < 1.29 is 40.3 Å². The molecule has 31 heavy (non-hydrogen) atoms. The fourth-order valence-corrected chi connectivity index (χ4v) is 3.20. The van der Waals surface area contributed by atoms with Crippen LogP contribution in [0.5, 0.6) is 11.5 Å². The second kappa shape index (κ2) is 9.10. The van der Waals surface area contributed by atoms with Gasteiger partial charge >= 0.3 is 12.3 Å². The van der Waals surface area contributed by atoms with Crippen LogP contribution in [-0.4, -0.2) is 20.7 Å². The summed E-state index contributed by atoms with van der Waals surface area (Å²) < 4.78 is 75.8. The van der Waals surface area contributed by atoms with Crippen LogP contribution in [0.3, 0.4) is 0 Å². The maximum Gasteiger partial charge on any atom is 0.573 e. The van der Waals surface area contributed by atoms with Gasteiger partial charge in [0.2, 0.25) is 0 Å². The number of carbonyl (C=O) groups excluding carboxylic acids is 1. The molecule has 12 heteroatoms. The van der Waals surface area contributed by atoms with Gasteiger partial charge in [-0.25, -0.2) is 8.42 Å². The van der Waals surface area contributed by atoms with Crippen LogP contribution in [0, 0.1) is 0 Å². The number of sulfonamides is 1. The first-order chi connectivity index (χ1) is 14.6. The highest BCUT2D eigenvalue weighted by molar-refractivity contribution is 7.89. The SMILES string of the molecule is O=C(NNS(=O)(=O)c1cccc(OC(F)(F)F)c1)c1ccc(COc2ccccc2)o1. The highest BCUT2D eigenvalue weighted by atomic mass is 32.2. The number of hydrazine groups is 1. The predicted molar refractivity (Wildman–Crippen MR) is 100 cm³/mol. The second-order valence-corrected chi connectivity index (χ2v) is 7.63. The number of hydrogen-bond donors (Lipinski definition) is 2. The van der Waals surface area contributed by atoms with E-state index in [9.17, 15) is 26.4 Å². The smallest absolute Gasteiger partial charge is 0.486 e. The lowest BCUT2D eigenvalue weighted by Gasteiger charge is -2.11. The normalized spacial score (nSPS) is 11.7. The molecule has 0 unspecified atom stereocenters. The van der Waals surface area contributed by atoms with Gasteiger partial charge in [0.05, 0.1) is 4.90 Å². The number of rotatable bonds is 8. The van der Waals surface area contributed by atoms with Gasteiger partial charge in [0.15, 0.2) is 5.76 Å². The zero-order valence-corrected chi connectivity index (χ0v) is 16.4. The third-order valence-corrected chi connectivity index (χ3v) is 4.90. The molecule has 0 spiro atoms. The van der Waals surface area contributed by atoms with E-state index in [0.717, 1.165) is 18.2 Å². The first-order valence-corrected chi connectivity index (χ1v) is 10.1. The number of ether oxygens (including phenoxy) is 2. The molecular formula is C19H15F3N2O6S. The van der Waals surface area contributed by atoms with Crippen molar-refractivity contribution in [1.29, 1.82) is 0 Å². The summed E-state index contributed by atoms with van der Waals surface area (Å²) in [6.07, 6.45) is -4.98. The standard InChI is InChI=1S/C19H15F3N2O6S/c20-19(21,22)30-14-7-4-8-16(11-14)31(26,27)24-23-18(25)17-10-9-15(29-17)12-28-13-5-2-1-3-6-13/h1-11,24H,12H2,(H,23,25). The molecule has 3 aromatic rings. The van der Waals surface area contributed by atoms with Crippen molar-refractivity contribution in [2.24, 2.45) is 0 Å². The molecule has 0 saturated heterocycles. The van der Waals surface area contributed by atoms with E-state index in [1.807, 2.05) is 11.5 Å². The lowest BCUT2D eigenvalue weighted by Crippen LogP contribution is -2.41. The summed E-state index contributed by atoms with van der Waals surface area (Å²) in [7, 11) is -4.38. The van der Waals surface area contributed by atoms with E-state index >= 15 is 0 Å². The van der Waals surface area contributed by atoms with Gasteiger partial charge in [0.1, 0.15) is 23.9 Å². The van der Waals surface area contributed by atoms with Gasteiger partial charge < -0.3 is 13.9 Å². The van der Waals surface area contributed by atoms with Gasteiger partial charge in [-0.3, -0.25) is 10.2 Å². The van der Waals surface area contributed by atoms with Crippen LogP contribution in [0.15, 0.2) is 76.0 Å². The number of furan rings is 1. The van der Waals surface area contributed by atoms with Crippen LogP contribution < -0.4 is 19.7 Å². The molecule has 1 aromatic heterocycles. The number of carbonyl (C=O) groups is 1. The molecule has 0 aliphatic carbocycles. The summed E-state index contributed by atoms with van der Waals surface area (Å²) in [6, 6.07) is 15.3. The summed E-state index contributed by atoms with van der Waals surface area (Å²) in [5.41, 5.74) is 1.92. The fourth-order valence-electron chi connectivity index (χ4n) is 2.32. The molecule has 0 radical (unpaired) electrons. The number of nitrogens with one attached hydrogen (secondary N) is 2. The van der Waals surface area contributed by atoms with Gasteiger partial charge in [0, 0.05) is 6.07 Å². The monoisotopic (exact) mass is 456 g/mol. The van der Waals surface area contributed by atoms with Crippen molar-refractivity contribution >= 4 is 15.9 Å². The van der Waals surface area contributed by atoms with Crippen LogP contribution in [-0.2, 0) is 16.6 Å². The van der Waals surface area contributed by atoms with E-state index in [4.69, 9.17) is 9.15 Å². The third-order valence-electron chi connectivity index (χ3n) is 3.66. The summed E-state index contributed by atoms with van der Waals surface area (Å²) in [5.74, 6) is -0.945. The Morgan fingerprint density at radius 1 is 0.968 bits per heavy atom. The van der Waals surface area contributed by atoms with E-state index < -0.39 is 32.9 Å². The molecule has 0 atom stereocenters. The Morgan fingerprint density at radius 3 is 2.39 bits per heavy atom. The molecule has 0 aliphatic heterocycles. The molecule has 1 heterocycles. The quantitative estimate of drug-likeness (QED) is 0.504. The number of benzene rings is 2. The summed E-state index contributed by atoms with van der Waals surface area (Å²) in [6.45, 7) is 0.0367. The molecule has 2 aromatic carbocycles. The van der Waals surface area contributed by atoms with Crippen molar-refractivity contribution in [3.05, 3.63) is 78.3 Å². The highest BCUT2D eigenvalue weighted by Crippen LogP contribution is 2.24. The zero-order valence-electron chi connectivity index (χ0n) is 15.5. The Bertz CT molecular complexity index is 1150. The first kappa shape index (κ1) is 22.2. The molecule has 164 valence electrons. The summed E-state index contributed by atoms with van der Waals surface area (Å²) >= 11 is 0. The summed E-state index contributed by atoms with van der Waals surface area (Å²) in [5, 5.41) is 0. The molecule has 0 aliphatic rings. The zero-order chi connectivity index (χ0) is 22.5. The van der Waals surface area contributed by atoms with Gasteiger partial charge in [-0.1, -0.05) is 24.3 Å². The fraction of sp³-hybridized carbons (Fsp3) is 0.105. The Labute approximate surface area is 174 Å². The van der Waals surface area contributed by atoms with Crippen molar-refractivity contribution in [1.82, 2.24) is 10.3 Å². The van der Waals surface area contributed by atoms with Crippen molar-refractivity contribution in [3.63, 3.8) is 0 Å². The number of alkyl halides is 3. The average Bonchev–Trinajstić information content (AvgIpc) is 3.19. The Hall–Kier alpha value is -3.51. The first-order valence-electron chi connectivity index (χ1n) is 8.57. The minimum atomic E-state index is -4.98. The Kier molecular flexibility index (Phi) is 6.51. The van der Waals surface area contributed by atoms with Crippen LogP contribution >= 0.6 is 0 Å². The molecule has 0 saturated carbocycles. The predicted octanol–water partition coefficient (Wildman–Crippen LogP) is 3.38. The van der Waals surface area contributed by atoms with Crippen LogP contribution in [0.2, 0.25) is 0 Å². The van der Waals surface area contributed by atoms with Crippen molar-refractivity contribution in [2.75, 3.05) is 0 Å². The lowest BCUT2D eigenvalue weighted by atomic mass is 10.3. The average molecular weight is 456 g/mol. The minimum absolute atomic E-state index is 0.0367. The third kappa shape index (κ3) is 6.49. The Morgan fingerprint density at radius 2 is 1.68 bits per heavy atom. The molecule has 3 rings (SSSR count). The van der Waals surface area contributed by atoms with Gasteiger partial charge in [-0.05, 0) is 36.4 Å². The minimum Gasteiger partial charge on any atom is -0.486 e. The molecule has 1 amide bonds. The largest absolute Gasteiger partial charge is 0.573 e. The van der Waals surface area contributed by atoms with Gasteiger partial charge in [-0.2, -0.15) is 0 Å². The number of hydrogen-bond acceptors (Lipinski definition) is 6. The van der Waals surface area contributed by atoms with E-state index in [0.29, 0.717) is 17.6 Å². The summed E-state index contributed by atoms with van der Waals surface area (Å²) in [4.78, 5) is 13.3. The number of halogens is 3. The number of para-hydroxylation sites is 1. The molecule has 8 nitrogen and oxygen atoms in total. The van der Waals surface area contributed by atoms with Crippen LogP contribution in [0.4, 0.5) is 13.2 Å². The topological polar surface area (TPSA) is 107 Å². The maximum absolute atomic E-state index is 12.3. The molecule has 2 N–H and O–H groups in total. The van der Waals surface area contributed by atoms with E-state index in [-0.39, 0.29) is 12.4 Å². The number of amides is 1. The lowest BCUT2D eigenvalue weighted by molar-refractivity contribution is -0.274. The van der Waals surface area contributed by atoms with Crippen molar-refractivity contribution in [2.45, 2.75) is 17.9 Å². The van der Waals surface area contributed by atoms with Gasteiger partial charge in [0.25, 0.3) is 10.0 Å². The second-order valence-electron chi connectivity index (χ2n) is 5.95. The van der Waals surface area contributed by atoms with Crippen LogP contribution in [0.25, 0.3) is 0 Å². The Balaban J connectivity index is 1.59. The van der Waals surface area contributed by atoms with E-state index in [1.54, 1.807) is 29.1 Å². The highest BCUT2D eigenvalue weighted by Gasteiger charge is 2.31. The van der Waals surface area contributed by atoms with Crippen molar-refractivity contribution in [3.8, 4) is 11.5 Å². The van der Waals surface area contributed by atoms with E-state index in [1.165, 1.54) is 12.1 Å². The van der Waals surface area contributed by atoms with Crippen LogP contribution in [0.1, 0.15) is 16.3 Å². The molecule has 0 bridgehead atoms. The van der Waals surface area contributed by atoms with Gasteiger partial charge in [-0.15, -0.1) is 18.0 Å². The molecule has 0 fully saturated rings. The van der Waals surface area contributed by atoms with E-state index in [2.05, 4.69) is 4.74 Å².